The van der Waals surface area contributed by atoms with Crippen LogP contribution in [0, 0.1) is 0 Å². The van der Waals surface area contributed by atoms with E-state index in [-0.39, 0.29) is 5.91 Å². The number of benzene rings is 1. The zero-order valence-corrected chi connectivity index (χ0v) is 12.4. The van der Waals surface area contributed by atoms with Crippen molar-refractivity contribution in [3.05, 3.63) is 40.4 Å². The normalized spacial score (nSPS) is 18.1. The molecule has 1 aromatic carbocycles. The summed E-state index contributed by atoms with van der Waals surface area (Å²) in [4.78, 5) is 12.0. The van der Waals surface area contributed by atoms with Crippen LogP contribution in [-0.2, 0) is 4.79 Å². The summed E-state index contributed by atoms with van der Waals surface area (Å²) in [5.41, 5.74) is 0.839. The van der Waals surface area contributed by atoms with Crippen LogP contribution in [0.5, 0.6) is 0 Å². The second-order valence-electron chi connectivity index (χ2n) is 5.49. The van der Waals surface area contributed by atoms with Crippen LogP contribution < -0.4 is 5.32 Å². The largest absolute Gasteiger partial charge is 0.388 e. The fraction of sp³-hybridized carbons (Fsp3) is 0.438. The Balaban J connectivity index is 1.92. The number of carbonyl (C=O) groups excluding carboxylic acids is 1. The third-order valence-electron chi connectivity index (χ3n) is 3.72. The van der Waals surface area contributed by atoms with Gasteiger partial charge in [0.05, 0.1) is 5.60 Å². The summed E-state index contributed by atoms with van der Waals surface area (Å²) >= 11 is 5.82. The summed E-state index contributed by atoms with van der Waals surface area (Å²) in [5, 5.41) is 13.7. The van der Waals surface area contributed by atoms with Gasteiger partial charge in [0.25, 0.3) is 0 Å². The number of amides is 1. The summed E-state index contributed by atoms with van der Waals surface area (Å²) in [6, 6.07) is 7.31. The van der Waals surface area contributed by atoms with Crippen molar-refractivity contribution >= 4 is 23.6 Å². The lowest BCUT2D eigenvalue weighted by Crippen LogP contribution is -2.41. The van der Waals surface area contributed by atoms with Gasteiger partial charge in [0.15, 0.2) is 0 Å². The predicted molar refractivity (Wildman–Crippen MR) is 81.5 cm³/mol. The van der Waals surface area contributed by atoms with Crippen molar-refractivity contribution in [2.75, 3.05) is 6.54 Å². The van der Waals surface area contributed by atoms with E-state index >= 15 is 0 Å². The van der Waals surface area contributed by atoms with E-state index in [0.29, 0.717) is 17.1 Å². The Morgan fingerprint density at radius 1 is 1.35 bits per heavy atom. The van der Waals surface area contributed by atoms with Gasteiger partial charge in [0.2, 0.25) is 5.91 Å². The van der Waals surface area contributed by atoms with Crippen molar-refractivity contribution < 1.29 is 9.90 Å². The maximum Gasteiger partial charge on any atom is 0.247 e. The molecule has 20 heavy (non-hydrogen) atoms. The molecule has 0 heterocycles. The fourth-order valence-electron chi connectivity index (χ4n) is 2.47. The van der Waals surface area contributed by atoms with E-state index in [9.17, 15) is 9.90 Å². The number of hydrogen-bond donors (Lipinski definition) is 2. The first-order valence-corrected chi connectivity index (χ1v) is 7.31. The molecule has 0 aliphatic heterocycles. The molecule has 0 spiro atoms. The van der Waals surface area contributed by atoms with Crippen LogP contribution in [0.3, 0.4) is 0 Å². The molecule has 3 nitrogen and oxygen atoms in total. The van der Waals surface area contributed by atoms with Crippen molar-refractivity contribution in [2.24, 2.45) is 0 Å². The second kappa shape index (κ2) is 6.42. The zero-order valence-electron chi connectivity index (χ0n) is 11.7. The van der Waals surface area contributed by atoms with Gasteiger partial charge in [-0.1, -0.05) is 36.6 Å². The van der Waals surface area contributed by atoms with Crippen molar-refractivity contribution in [2.45, 2.75) is 38.2 Å². The molecule has 0 saturated heterocycles. The Labute approximate surface area is 124 Å². The highest BCUT2D eigenvalue weighted by Crippen LogP contribution is 2.28. The van der Waals surface area contributed by atoms with E-state index < -0.39 is 5.60 Å². The summed E-state index contributed by atoms with van der Waals surface area (Å²) < 4.78 is 0. The van der Waals surface area contributed by atoms with Crippen molar-refractivity contribution in [3.63, 3.8) is 0 Å². The van der Waals surface area contributed by atoms with Crippen LogP contribution in [0.4, 0.5) is 0 Å². The van der Waals surface area contributed by atoms with Gasteiger partial charge in [0, 0.05) is 17.1 Å². The summed E-state index contributed by atoms with van der Waals surface area (Å²) in [5.74, 6) is -0.139. The summed E-state index contributed by atoms with van der Waals surface area (Å²) in [6.45, 7) is 2.10. The highest BCUT2D eigenvalue weighted by molar-refractivity contribution is 6.30. The van der Waals surface area contributed by atoms with E-state index in [2.05, 4.69) is 5.32 Å². The number of hydrogen-bond acceptors (Lipinski definition) is 2. The minimum absolute atomic E-state index is 0.139. The van der Waals surface area contributed by atoms with Crippen LogP contribution in [0.15, 0.2) is 29.8 Å². The molecule has 0 radical (unpaired) electrons. The monoisotopic (exact) mass is 293 g/mol. The lowest BCUT2D eigenvalue weighted by atomic mass is 10.0. The van der Waals surface area contributed by atoms with E-state index in [1.165, 1.54) is 0 Å². The molecular formula is C16H20ClNO2. The smallest absolute Gasteiger partial charge is 0.247 e. The lowest BCUT2D eigenvalue weighted by Gasteiger charge is -2.22. The van der Waals surface area contributed by atoms with Crippen LogP contribution in [-0.4, -0.2) is 23.2 Å². The summed E-state index contributed by atoms with van der Waals surface area (Å²) in [7, 11) is 0. The molecule has 0 unspecified atom stereocenters. The Hall–Kier alpha value is -1.32. The molecule has 1 saturated carbocycles. The third-order valence-corrected chi connectivity index (χ3v) is 3.98. The van der Waals surface area contributed by atoms with Gasteiger partial charge >= 0.3 is 0 Å². The molecule has 4 heteroatoms. The molecule has 2 N–H and O–H groups in total. The van der Waals surface area contributed by atoms with Crippen molar-refractivity contribution in [1.29, 1.82) is 0 Å². The molecule has 0 atom stereocenters. The molecule has 1 amide bonds. The summed E-state index contributed by atoms with van der Waals surface area (Å²) in [6.07, 6.45) is 5.42. The molecule has 0 bridgehead atoms. The maximum absolute atomic E-state index is 12.0. The topological polar surface area (TPSA) is 49.3 Å². The molecule has 0 aromatic heterocycles. The average Bonchev–Trinajstić information content (AvgIpc) is 2.86. The fourth-order valence-corrected chi connectivity index (χ4v) is 2.59. The van der Waals surface area contributed by atoms with Crippen molar-refractivity contribution in [1.82, 2.24) is 5.32 Å². The number of rotatable bonds is 4. The van der Waals surface area contributed by atoms with E-state index in [1.54, 1.807) is 19.1 Å². The average molecular weight is 294 g/mol. The second-order valence-corrected chi connectivity index (χ2v) is 5.93. The van der Waals surface area contributed by atoms with Gasteiger partial charge in [-0.15, -0.1) is 0 Å². The first-order chi connectivity index (χ1) is 9.48. The predicted octanol–water partition coefficient (Wildman–Crippen LogP) is 3.16. The van der Waals surface area contributed by atoms with Crippen LogP contribution in [0.25, 0.3) is 6.08 Å². The minimum Gasteiger partial charge on any atom is -0.388 e. The standard InChI is InChI=1S/C16H20ClNO2/c1-12(10-13-4-6-14(17)7-5-13)15(19)18-11-16(20)8-2-3-9-16/h4-7,10,20H,2-3,8-9,11H2,1H3,(H,18,19)/b12-10+. The highest BCUT2D eigenvalue weighted by atomic mass is 35.5. The molecule has 1 fully saturated rings. The zero-order chi connectivity index (χ0) is 14.6. The Morgan fingerprint density at radius 3 is 2.55 bits per heavy atom. The Kier molecular flexibility index (Phi) is 4.84. The number of halogens is 1. The number of aliphatic hydroxyl groups is 1. The number of nitrogens with one attached hydrogen (secondary N) is 1. The van der Waals surface area contributed by atoms with Gasteiger partial charge in [-0.3, -0.25) is 4.79 Å². The van der Waals surface area contributed by atoms with Gasteiger partial charge in [-0.25, -0.2) is 0 Å². The van der Waals surface area contributed by atoms with E-state index in [1.807, 2.05) is 18.2 Å². The first kappa shape index (κ1) is 15.1. The molecule has 2 rings (SSSR count). The van der Waals surface area contributed by atoms with Gasteiger partial charge in [-0.05, 0) is 43.5 Å². The first-order valence-electron chi connectivity index (χ1n) is 6.93. The SMILES string of the molecule is C/C(=C\c1ccc(Cl)cc1)C(=O)NCC1(O)CCCC1. The molecular weight excluding hydrogens is 274 g/mol. The molecule has 1 aromatic rings. The van der Waals surface area contributed by atoms with E-state index in [4.69, 9.17) is 11.6 Å². The minimum atomic E-state index is -0.712. The van der Waals surface area contributed by atoms with Crippen molar-refractivity contribution in [3.8, 4) is 0 Å². The third kappa shape index (κ3) is 4.09. The molecule has 108 valence electrons. The lowest BCUT2D eigenvalue weighted by molar-refractivity contribution is -0.118. The molecule has 1 aliphatic carbocycles. The van der Waals surface area contributed by atoms with Gasteiger partial charge < -0.3 is 10.4 Å². The Bertz CT molecular complexity index is 502. The van der Waals surface area contributed by atoms with Gasteiger partial charge in [0.1, 0.15) is 0 Å². The maximum atomic E-state index is 12.0. The van der Waals surface area contributed by atoms with Gasteiger partial charge in [-0.2, -0.15) is 0 Å². The highest BCUT2D eigenvalue weighted by Gasteiger charge is 2.31. The quantitative estimate of drug-likeness (QED) is 0.838. The van der Waals surface area contributed by atoms with E-state index in [0.717, 1.165) is 31.2 Å². The van der Waals surface area contributed by atoms with Crippen LogP contribution >= 0.6 is 11.6 Å². The molecule has 1 aliphatic rings. The van der Waals surface area contributed by atoms with Crippen LogP contribution in [0.2, 0.25) is 5.02 Å². The number of carbonyl (C=O) groups is 1. The van der Waals surface area contributed by atoms with Crippen LogP contribution in [0.1, 0.15) is 38.2 Å². The Morgan fingerprint density at radius 2 is 1.95 bits per heavy atom.